The van der Waals surface area contributed by atoms with Gasteiger partial charge in [-0.25, -0.2) is 0 Å². The Morgan fingerprint density at radius 3 is 2.69 bits per heavy atom. The van der Waals surface area contributed by atoms with Crippen molar-refractivity contribution in [2.24, 2.45) is 17.8 Å². The van der Waals surface area contributed by atoms with E-state index in [9.17, 15) is 0 Å². The van der Waals surface area contributed by atoms with E-state index in [1.807, 2.05) is 12.2 Å². The normalized spacial score (nSPS) is 35.8. The topological polar surface area (TPSA) is 0 Å². The molecule has 0 aromatic carbocycles. The van der Waals surface area contributed by atoms with E-state index in [1.54, 1.807) is 0 Å². The van der Waals surface area contributed by atoms with Gasteiger partial charge >= 0.3 is 0 Å². The monoisotopic (exact) mass is 172 g/mol. The lowest BCUT2D eigenvalue weighted by molar-refractivity contribution is 0.531. The Balaban J connectivity index is 2.03. The quantitative estimate of drug-likeness (QED) is 0.451. The van der Waals surface area contributed by atoms with Crippen LogP contribution in [0.4, 0.5) is 0 Å². The molecule has 3 atom stereocenters. The number of fused-ring (bicyclic) bond motifs is 2. The number of hydrogen-bond acceptors (Lipinski definition) is 0. The summed E-state index contributed by atoms with van der Waals surface area (Å²) in [5.74, 6) is 2.31. The molecule has 0 aromatic rings. The summed E-state index contributed by atoms with van der Waals surface area (Å²) in [6.07, 6.45) is 13.3. The third-order valence-electron chi connectivity index (χ3n) is 3.20. The minimum atomic E-state index is 0.700. The zero-order chi connectivity index (χ0) is 9.26. The van der Waals surface area contributed by atoms with E-state index in [0.717, 1.165) is 11.8 Å². The van der Waals surface area contributed by atoms with Gasteiger partial charge in [0.05, 0.1) is 0 Å². The Labute approximate surface area is 80.3 Å². The molecule has 0 spiro atoms. The summed E-state index contributed by atoms with van der Waals surface area (Å²) < 4.78 is 0. The Bertz CT molecular complexity index is 280. The number of rotatable bonds is 3. The minimum Gasteiger partial charge on any atom is -0.0991 e. The first kappa shape index (κ1) is 8.55. The summed E-state index contributed by atoms with van der Waals surface area (Å²) in [5.41, 5.74) is 1.27. The second-order valence-corrected chi connectivity index (χ2v) is 4.06. The Hall–Kier alpha value is -1.04. The van der Waals surface area contributed by atoms with E-state index < -0.39 is 0 Å². The zero-order valence-electron chi connectivity index (χ0n) is 7.95. The van der Waals surface area contributed by atoms with Crippen LogP contribution in [0.2, 0.25) is 0 Å². The largest absolute Gasteiger partial charge is 0.0991 e. The molecule has 2 rings (SSSR count). The highest BCUT2D eigenvalue weighted by atomic mass is 14.4. The summed E-state index contributed by atoms with van der Waals surface area (Å²) in [6, 6.07) is 0. The van der Waals surface area contributed by atoms with Gasteiger partial charge in [0.25, 0.3) is 0 Å². The van der Waals surface area contributed by atoms with E-state index in [0.29, 0.717) is 5.92 Å². The van der Waals surface area contributed by atoms with Crippen molar-refractivity contribution in [3.05, 3.63) is 49.1 Å². The summed E-state index contributed by atoms with van der Waals surface area (Å²) in [5, 5.41) is 0. The molecule has 68 valence electrons. The van der Waals surface area contributed by atoms with Crippen LogP contribution >= 0.6 is 0 Å². The van der Waals surface area contributed by atoms with Gasteiger partial charge in [0.15, 0.2) is 0 Å². The smallest absolute Gasteiger partial charge is 0.00991 e. The molecule has 2 bridgehead atoms. The number of hydrogen-bond donors (Lipinski definition) is 0. The third kappa shape index (κ3) is 1.53. The average molecular weight is 172 g/mol. The molecule has 0 aromatic heterocycles. The van der Waals surface area contributed by atoms with Crippen molar-refractivity contribution in [1.29, 1.82) is 0 Å². The molecular weight excluding hydrogens is 156 g/mol. The minimum absolute atomic E-state index is 0.700. The van der Waals surface area contributed by atoms with E-state index in [-0.39, 0.29) is 0 Å². The van der Waals surface area contributed by atoms with Crippen LogP contribution in [-0.2, 0) is 0 Å². The molecule has 0 radical (unpaired) electrons. The lowest BCUT2D eigenvalue weighted by Gasteiger charge is -2.18. The Morgan fingerprint density at radius 1 is 1.31 bits per heavy atom. The van der Waals surface area contributed by atoms with Gasteiger partial charge < -0.3 is 0 Å². The SMILES string of the molecule is C=C/C=C\C(=C)C1CC2C=CC1C2. The molecule has 0 aliphatic heterocycles. The van der Waals surface area contributed by atoms with Gasteiger partial charge in [0, 0.05) is 0 Å². The number of allylic oxidation sites excluding steroid dienone is 6. The summed E-state index contributed by atoms with van der Waals surface area (Å²) in [7, 11) is 0. The van der Waals surface area contributed by atoms with Gasteiger partial charge in [-0.05, 0) is 30.6 Å². The third-order valence-corrected chi connectivity index (χ3v) is 3.20. The molecule has 3 unspecified atom stereocenters. The van der Waals surface area contributed by atoms with Crippen LogP contribution in [0.25, 0.3) is 0 Å². The Morgan fingerprint density at radius 2 is 2.15 bits per heavy atom. The van der Waals surface area contributed by atoms with Crippen molar-refractivity contribution >= 4 is 0 Å². The fourth-order valence-electron chi connectivity index (χ4n) is 2.52. The molecule has 0 heteroatoms. The van der Waals surface area contributed by atoms with Crippen molar-refractivity contribution in [2.75, 3.05) is 0 Å². The van der Waals surface area contributed by atoms with Gasteiger partial charge in [0.1, 0.15) is 0 Å². The summed E-state index contributed by atoms with van der Waals surface area (Å²) >= 11 is 0. The van der Waals surface area contributed by atoms with E-state index in [4.69, 9.17) is 0 Å². The predicted octanol–water partition coefficient (Wildman–Crippen LogP) is 3.50. The van der Waals surface area contributed by atoms with Crippen LogP contribution in [0, 0.1) is 17.8 Å². The second-order valence-electron chi connectivity index (χ2n) is 4.06. The van der Waals surface area contributed by atoms with Crippen molar-refractivity contribution in [2.45, 2.75) is 12.8 Å². The molecule has 0 amide bonds. The maximum Gasteiger partial charge on any atom is -0.00991 e. The van der Waals surface area contributed by atoms with Crippen LogP contribution in [-0.4, -0.2) is 0 Å². The predicted molar refractivity (Wildman–Crippen MR) is 57.3 cm³/mol. The van der Waals surface area contributed by atoms with Gasteiger partial charge in [-0.3, -0.25) is 0 Å². The lowest BCUT2D eigenvalue weighted by atomic mass is 9.87. The fourth-order valence-corrected chi connectivity index (χ4v) is 2.52. The van der Waals surface area contributed by atoms with Crippen molar-refractivity contribution in [1.82, 2.24) is 0 Å². The molecule has 1 fully saturated rings. The van der Waals surface area contributed by atoms with Crippen LogP contribution in [0.1, 0.15) is 12.8 Å². The first-order chi connectivity index (χ1) is 6.31. The highest BCUT2D eigenvalue weighted by molar-refractivity contribution is 5.27. The lowest BCUT2D eigenvalue weighted by Crippen LogP contribution is -2.07. The van der Waals surface area contributed by atoms with Gasteiger partial charge in [0.2, 0.25) is 0 Å². The van der Waals surface area contributed by atoms with Gasteiger partial charge in [-0.1, -0.05) is 49.1 Å². The van der Waals surface area contributed by atoms with Crippen molar-refractivity contribution < 1.29 is 0 Å². The van der Waals surface area contributed by atoms with Gasteiger partial charge in [-0.2, -0.15) is 0 Å². The fraction of sp³-hybridized carbons (Fsp3) is 0.385. The molecular formula is C13H16. The van der Waals surface area contributed by atoms with Crippen LogP contribution in [0.15, 0.2) is 49.1 Å². The van der Waals surface area contributed by atoms with E-state index >= 15 is 0 Å². The van der Waals surface area contributed by atoms with Crippen LogP contribution < -0.4 is 0 Å². The molecule has 1 saturated carbocycles. The van der Waals surface area contributed by atoms with E-state index in [1.165, 1.54) is 18.4 Å². The molecule has 0 saturated heterocycles. The maximum absolute atomic E-state index is 4.12. The highest BCUT2D eigenvalue weighted by Crippen LogP contribution is 2.46. The highest BCUT2D eigenvalue weighted by Gasteiger charge is 2.36. The van der Waals surface area contributed by atoms with Crippen LogP contribution in [0.5, 0.6) is 0 Å². The molecule has 0 nitrogen and oxygen atoms in total. The first-order valence-corrected chi connectivity index (χ1v) is 4.97. The van der Waals surface area contributed by atoms with E-state index in [2.05, 4.69) is 31.4 Å². The molecule has 2 aliphatic rings. The molecule has 13 heavy (non-hydrogen) atoms. The summed E-state index contributed by atoms with van der Waals surface area (Å²) in [6.45, 7) is 7.79. The summed E-state index contributed by atoms with van der Waals surface area (Å²) in [4.78, 5) is 0. The van der Waals surface area contributed by atoms with Crippen molar-refractivity contribution in [3.63, 3.8) is 0 Å². The molecule has 2 aliphatic carbocycles. The van der Waals surface area contributed by atoms with Crippen LogP contribution in [0.3, 0.4) is 0 Å². The molecule has 0 heterocycles. The molecule has 0 N–H and O–H groups in total. The van der Waals surface area contributed by atoms with Gasteiger partial charge in [-0.15, -0.1) is 0 Å². The zero-order valence-corrected chi connectivity index (χ0v) is 7.95. The van der Waals surface area contributed by atoms with Crippen molar-refractivity contribution in [3.8, 4) is 0 Å². The average Bonchev–Trinajstić information content (AvgIpc) is 2.74. The Kier molecular flexibility index (Phi) is 2.22. The maximum atomic E-state index is 4.12. The second kappa shape index (κ2) is 3.37. The first-order valence-electron chi connectivity index (χ1n) is 4.97. The standard InChI is InChI=1S/C13H16/c1-3-4-5-10(2)13-9-11-6-7-12(13)8-11/h3-7,11-13H,1-2,8-9H2/b5-4-.